The lowest BCUT2D eigenvalue weighted by molar-refractivity contribution is 0.0698. The lowest BCUT2D eigenvalue weighted by atomic mass is 9.92. The SMILES string of the molecule is Cc1cc(NCCC(C)(C)C)cc(C(=O)O)c1N. The minimum absolute atomic E-state index is 0.160. The Bertz CT molecular complexity index is 448. The number of aryl methyl sites for hydroxylation is 1. The Kier molecular flexibility index (Phi) is 4.22. The molecule has 18 heavy (non-hydrogen) atoms. The molecule has 0 aromatic heterocycles. The lowest BCUT2D eigenvalue weighted by Gasteiger charge is -2.19. The van der Waals surface area contributed by atoms with Crippen LogP contribution in [0.1, 0.15) is 43.1 Å². The minimum atomic E-state index is -0.991. The van der Waals surface area contributed by atoms with E-state index >= 15 is 0 Å². The highest BCUT2D eigenvalue weighted by Gasteiger charge is 2.13. The van der Waals surface area contributed by atoms with E-state index in [0.717, 1.165) is 24.2 Å². The predicted molar refractivity (Wildman–Crippen MR) is 75.1 cm³/mol. The lowest BCUT2D eigenvalue weighted by Crippen LogP contribution is -2.13. The van der Waals surface area contributed by atoms with Gasteiger partial charge in [0, 0.05) is 17.9 Å². The molecule has 1 rings (SSSR count). The number of benzene rings is 1. The molecule has 0 heterocycles. The first-order valence-corrected chi connectivity index (χ1v) is 6.08. The first-order valence-electron chi connectivity index (χ1n) is 6.08. The van der Waals surface area contributed by atoms with Crippen LogP contribution in [-0.2, 0) is 0 Å². The minimum Gasteiger partial charge on any atom is -0.478 e. The summed E-state index contributed by atoms with van der Waals surface area (Å²) < 4.78 is 0. The average molecular weight is 250 g/mol. The molecule has 0 fully saturated rings. The molecule has 0 spiro atoms. The van der Waals surface area contributed by atoms with Crippen LogP contribution >= 0.6 is 0 Å². The summed E-state index contributed by atoms with van der Waals surface area (Å²) in [5, 5.41) is 12.3. The summed E-state index contributed by atoms with van der Waals surface area (Å²) in [5.74, 6) is -0.991. The first-order chi connectivity index (χ1) is 8.20. The normalized spacial score (nSPS) is 11.3. The molecule has 0 saturated heterocycles. The molecular formula is C14H22N2O2. The molecule has 0 aliphatic rings. The van der Waals surface area contributed by atoms with Crippen LogP contribution in [0.15, 0.2) is 12.1 Å². The molecule has 0 saturated carbocycles. The van der Waals surface area contributed by atoms with Crippen LogP contribution in [0.4, 0.5) is 11.4 Å². The van der Waals surface area contributed by atoms with Crippen LogP contribution in [0.3, 0.4) is 0 Å². The Morgan fingerprint density at radius 1 is 1.39 bits per heavy atom. The van der Waals surface area contributed by atoms with Crippen molar-refractivity contribution in [3.05, 3.63) is 23.3 Å². The molecule has 0 atom stereocenters. The molecule has 4 N–H and O–H groups in total. The number of anilines is 2. The van der Waals surface area contributed by atoms with E-state index in [4.69, 9.17) is 10.8 Å². The van der Waals surface area contributed by atoms with Gasteiger partial charge in [-0.15, -0.1) is 0 Å². The third-order valence-electron chi connectivity index (χ3n) is 2.82. The average Bonchev–Trinajstić information content (AvgIpc) is 2.20. The second kappa shape index (κ2) is 5.29. The number of nitrogens with one attached hydrogen (secondary N) is 1. The number of carbonyl (C=O) groups is 1. The zero-order valence-electron chi connectivity index (χ0n) is 11.5. The van der Waals surface area contributed by atoms with Gasteiger partial charge in [-0.2, -0.15) is 0 Å². The molecule has 100 valence electrons. The summed E-state index contributed by atoms with van der Waals surface area (Å²) in [6.07, 6.45) is 1.01. The largest absolute Gasteiger partial charge is 0.478 e. The number of nitrogen functional groups attached to an aromatic ring is 1. The monoisotopic (exact) mass is 250 g/mol. The van der Waals surface area contributed by atoms with E-state index < -0.39 is 5.97 Å². The van der Waals surface area contributed by atoms with Gasteiger partial charge >= 0.3 is 5.97 Å². The van der Waals surface area contributed by atoms with Gasteiger partial charge in [0.25, 0.3) is 0 Å². The molecule has 0 radical (unpaired) electrons. The van der Waals surface area contributed by atoms with Crippen molar-refractivity contribution in [3.8, 4) is 0 Å². The number of carboxylic acid groups (broad SMARTS) is 1. The molecule has 0 bridgehead atoms. The fraction of sp³-hybridized carbons (Fsp3) is 0.500. The van der Waals surface area contributed by atoms with E-state index in [0.29, 0.717) is 5.69 Å². The highest BCUT2D eigenvalue weighted by molar-refractivity contribution is 5.95. The Hall–Kier alpha value is -1.71. The Morgan fingerprint density at radius 3 is 2.50 bits per heavy atom. The third kappa shape index (κ3) is 3.95. The van der Waals surface area contributed by atoms with Crippen LogP contribution in [-0.4, -0.2) is 17.6 Å². The van der Waals surface area contributed by atoms with Crippen LogP contribution < -0.4 is 11.1 Å². The Morgan fingerprint density at radius 2 is 2.00 bits per heavy atom. The van der Waals surface area contributed by atoms with Crippen molar-refractivity contribution in [1.29, 1.82) is 0 Å². The van der Waals surface area contributed by atoms with Gasteiger partial charge in [-0.25, -0.2) is 4.79 Å². The molecule has 0 aliphatic heterocycles. The van der Waals surface area contributed by atoms with Crippen LogP contribution in [0.25, 0.3) is 0 Å². The topological polar surface area (TPSA) is 75.3 Å². The summed E-state index contributed by atoms with van der Waals surface area (Å²) in [7, 11) is 0. The third-order valence-corrected chi connectivity index (χ3v) is 2.82. The molecule has 0 unspecified atom stereocenters. The standard InChI is InChI=1S/C14H22N2O2/c1-9-7-10(16-6-5-14(2,3)4)8-11(12(9)15)13(17)18/h7-8,16H,5-6,15H2,1-4H3,(H,17,18). The maximum atomic E-state index is 11.1. The number of hydrogen-bond donors (Lipinski definition) is 3. The fourth-order valence-corrected chi connectivity index (χ4v) is 1.66. The molecule has 4 nitrogen and oxygen atoms in total. The van der Waals surface area contributed by atoms with Gasteiger partial charge in [0.05, 0.1) is 5.56 Å². The quantitative estimate of drug-likeness (QED) is 0.718. The van der Waals surface area contributed by atoms with Crippen molar-refractivity contribution in [3.63, 3.8) is 0 Å². The van der Waals surface area contributed by atoms with Gasteiger partial charge in [0.15, 0.2) is 0 Å². The van der Waals surface area contributed by atoms with E-state index in [1.807, 2.05) is 13.0 Å². The first kappa shape index (κ1) is 14.4. The number of rotatable bonds is 4. The van der Waals surface area contributed by atoms with Gasteiger partial charge in [0.2, 0.25) is 0 Å². The van der Waals surface area contributed by atoms with Crippen molar-refractivity contribution in [2.75, 3.05) is 17.6 Å². The molecule has 0 aliphatic carbocycles. The van der Waals surface area contributed by atoms with E-state index in [-0.39, 0.29) is 11.0 Å². The van der Waals surface area contributed by atoms with Crippen LogP contribution in [0, 0.1) is 12.3 Å². The summed E-state index contributed by atoms with van der Waals surface area (Å²) in [5.41, 5.74) is 8.09. The predicted octanol–water partition coefficient (Wildman–Crippen LogP) is 3.12. The number of nitrogens with two attached hydrogens (primary N) is 1. The fourth-order valence-electron chi connectivity index (χ4n) is 1.66. The van der Waals surface area contributed by atoms with Gasteiger partial charge < -0.3 is 16.2 Å². The second-order valence-corrected chi connectivity index (χ2v) is 5.80. The smallest absolute Gasteiger partial charge is 0.337 e. The van der Waals surface area contributed by atoms with Crippen LogP contribution in [0.5, 0.6) is 0 Å². The van der Waals surface area contributed by atoms with Crippen molar-refractivity contribution in [1.82, 2.24) is 0 Å². The summed E-state index contributed by atoms with van der Waals surface area (Å²) in [6, 6.07) is 3.47. The van der Waals surface area contributed by atoms with E-state index in [9.17, 15) is 4.79 Å². The maximum absolute atomic E-state index is 11.1. The second-order valence-electron chi connectivity index (χ2n) is 5.80. The highest BCUT2D eigenvalue weighted by atomic mass is 16.4. The highest BCUT2D eigenvalue weighted by Crippen LogP contribution is 2.24. The number of aromatic carboxylic acids is 1. The van der Waals surface area contributed by atoms with E-state index in [2.05, 4.69) is 26.1 Å². The van der Waals surface area contributed by atoms with E-state index in [1.54, 1.807) is 6.07 Å². The van der Waals surface area contributed by atoms with E-state index in [1.165, 1.54) is 0 Å². The Labute approximate surface area is 108 Å². The molecular weight excluding hydrogens is 228 g/mol. The van der Waals surface area contributed by atoms with Crippen molar-refractivity contribution >= 4 is 17.3 Å². The molecule has 1 aromatic rings. The van der Waals surface area contributed by atoms with Gasteiger partial charge in [-0.05, 0) is 36.5 Å². The van der Waals surface area contributed by atoms with Crippen LogP contribution in [0.2, 0.25) is 0 Å². The summed E-state index contributed by atoms with van der Waals surface area (Å²) in [6.45, 7) is 9.14. The molecule has 0 amide bonds. The molecule has 4 heteroatoms. The summed E-state index contributed by atoms with van der Waals surface area (Å²) in [4.78, 5) is 11.1. The van der Waals surface area contributed by atoms with Crippen molar-refractivity contribution in [2.24, 2.45) is 5.41 Å². The summed E-state index contributed by atoms with van der Waals surface area (Å²) >= 11 is 0. The maximum Gasteiger partial charge on any atom is 0.337 e. The van der Waals surface area contributed by atoms with Gasteiger partial charge in [0.1, 0.15) is 0 Å². The number of hydrogen-bond acceptors (Lipinski definition) is 3. The molecule has 1 aromatic carbocycles. The van der Waals surface area contributed by atoms with Gasteiger partial charge in [-0.1, -0.05) is 20.8 Å². The van der Waals surface area contributed by atoms with Crippen molar-refractivity contribution < 1.29 is 9.90 Å². The zero-order valence-corrected chi connectivity index (χ0v) is 11.5. The zero-order chi connectivity index (χ0) is 13.9. The van der Waals surface area contributed by atoms with Crippen molar-refractivity contribution in [2.45, 2.75) is 34.1 Å². The van der Waals surface area contributed by atoms with Gasteiger partial charge in [-0.3, -0.25) is 0 Å². The number of carboxylic acids is 1. The Balaban J connectivity index is 2.82.